The summed E-state index contributed by atoms with van der Waals surface area (Å²) in [7, 11) is 0. The molecule has 0 aromatic carbocycles. The molecular weight excluding hydrogens is 480 g/mol. The number of carboxylic acid groups (broad SMARTS) is 1. The van der Waals surface area contributed by atoms with Crippen molar-refractivity contribution in [1.29, 1.82) is 0 Å². The highest BCUT2D eigenvalue weighted by molar-refractivity contribution is 5.82. The van der Waals surface area contributed by atoms with E-state index >= 15 is 0 Å². The lowest BCUT2D eigenvalue weighted by Gasteiger charge is -2.33. The van der Waals surface area contributed by atoms with Gasteiger partial charge in [0.25, 0.3) is 0 Å². The monoisotopic (exact) mass is 518 g/mol. The highest BCUT2D eigenvalue weighted by Gasteiger charge is 2.31. The maximum Gasteiger partial charge on any atom is 0.410 e. The minimum Gasteiger partial charge on any atom is -0.481 e. The molecule has 2 aliphatic heterocycles. The van der Waals surface area contributed by atoms with E-state index in [1.165, 1.54) is 0 Å². The standard InChI is InChI=1S/C26H38N4O7/c1-17-14-21(37-28-17)20(15-23(32)33)27-24(34)19-6-5-11-30(16-19)22(31)8-7-18-9-12-29(13-10-18)25(35)36-26(2,3)4/h9,14,19-20H,5-8,10-13,15-16H2,1-4H3,(H,27,34)(H,32,33)/t19-,20?/m1/s1. The number of aromatic nitrogens is 1. The highest BCUT2D eigenvalue weighted by Crippen LogP contribution is 2.24. The summed E-state index contributed by atoms with van der Waals surface area (Å²) in [6.45, 7) is 9.14. The fourth-order valence-corrected chi connectivity index (χ4v) is 4.51. The average Bonchev–Trinajstić information content (AvgIpc) is 3.27. The smallest absolute Gasteiger partial charge is 0.410 e. The zero-order chi connectivity index (χ0) is 27.2. The van der Waals surface area contributed by atoms with Gasteiger partial charge in [-0.25, -0.2) is 4.79 Å². The molecule has 204 valence electrons. The van der Waals surface area contributed by atoms with E-state index < -0.39 is 23.5 Å². The first-order valence-corrected chi connectivity index (χ1v) is 12.8. The van der Waals surface area contributed by atoms with Gasteiger partial charge >= 0.3 is 12.1 Å². The summed E-state index contributed by atoms with van der Waals surface area (Å²) in [6.07, 6.45) is 4.30. The van der Waals surface area contributed by atoms with Crippen LogP contribution in [0, 0.1) is 12.8 Å². The van der Waals surface area contributed by atoms with Crippen LogP contribution in [0.25, 0.3) is 0 Å². The van der Waals surface area contributed by atoms with E-state index in [9.17, 15) is 24.3 Å². The van der Waals surface area contributed by atoms with Gasteiger partial charge in [-0.05, 0) is 53.4 Å². The third-order valence-electron chi connectivity index (χ3n) is 6.44. The second kappa shape index (κ2) is 12.2. The molecule has 0 aliphatic carbocycles. The minimum atomic E-state index is -1.06. The molecule has 3 rings (SSSR count). The summed E-state index contributed by atoms with van der Waals surface area (Å²) in [5, 5.41) is 15.8. The maximum atomic E-state index is 13.0. The van der Waals surface area contributed by atoms with Crippen molar-refractivity contribution in [3.63, 3.8) is 0 Å². The van der Waals surface area contributed by atoms with Gasteiger partial charge < -0.3 is 29.5 Å². The molecule has 3 heterocycles. The Hall–Kier alpha value is -3.37. The molecule has 1 aromatic rings. The summed E-state index contributed by atoms with van der Waals surface area (Å²) in [5.74, 6) is -1.50. The van der Waals surface area contributed by atoms with Gasteiger partial charge in [-0.1, -0.05) is 16.8 Å². The van der Waals surface area contributed by atoms with Gasteiger partial charge in [-0.3, -0.25) is 14.4 Å². The van der Waals surface area contributed by atoms with E-state index in [1.54, 1.807) is 22.8 Å². The lowest BCUT2D eigenvalue weighted by molar-refractivity contribution is -0.138. The second-order valence-corrected chi connectivity index (χ2v) is 10.7. The number of hydrogen-bond acceptors (Lipinski definition) is 7. The molecule has 1 fully saturated rings. The Morgan fingerprint density at radius 2 is 2.00 bits per heavy atom. The molecule has 2 N–H and O–H groups in total. The normalized spacial score (nSPS) is 19.1. The molecule has 3 amide bonds. The number of rotatable bonds is 8. The third kappa shape index (κ3) is 8.61. The van der Waals surface area contributed by atoms with E-state index in [0.29, 0.717) is 69.7 Å². The van der Waals surface area contributed by atoms with Crippen molar-refractivity contribution in [2.75, 3.05) is 26.2 Å². The van der Waals surface area contributed by atoms with Crippen LogP contribution in [-0.2, 0) is 19.1 Å². The third-order valence-corrected chi connectivity index (χ3v) is 6.44. The molecule has 2 atom stereocenters. The van der Waals surface area contributed by atoms with E-state index in [1.807, 2.05) is 26.8 Å². The van der Waals surface area contributed by atoms with Crippen molar-refractivity contribution in [3.8, 4) is 0 Å². The Bertz CT molecular complexity index is 1030. The van der Waals surface area contributed by atoms with Crippen molar-refractivity contribution in [2.45, 2.75) is 77.9 Å². The number of nitrogens with zero attached hydrogens (tertiary/aromatic N) is 3. The highest BCUT2D eigenvalue weighted by atomic mass is 16.6. The van der Waals surface area contributed by atoms with Crippen LogP contribution >= 0.6 is 0 Å². The van der Waals surface area contributed by atoms with Crippen LogP contribution in [0.3, 0.4) is 0 Å². The Balaban J connectivity index is 1.49. The Labute approximate surface area is 217 Å². The number of aliphatic carboxylic acids is 1. The topological polar surface area (TPSA) is 142 Å². The van der Waals surface area contributed by atoms with Crippen LogP contribution in [0.4, 0.5) is 4.79 Å². The van der Waals surface area contributed by atoms with Crippen LogP contribution < -0.4 is 5.32 Å². The average molecular weight is 519 g/mol. The number of hydrogen-bond donors (Lipinski definition) is 2. The fraction of sp³-hybridized carbons (Fsp3) is 0.654. The number of amides is 3. The molecule has 0 spiro atoms. The minimum absolute atomic E-state index is 0.0130. The number of piperidine rings is 1. The Morgan fingerprint density at radius 3 is 2.59 bits per heavy atom. The molecular formula is C26H38N4O7. The van der Waals surface area contributed by atoms with Crippen molar-refractivity contribution in [2.24, 2.45) is 5.92 Å². The predicted octanol–water partition coefficient (Wildman–Crippen LogP) is 3.20. The van der Waals surface area contributed by atoms with E-state index in [0.717, 1.165) is 5.57 Å². The summed E-state index contributed by atoms with van der Waals surface area (Å²) in [5.41, 5.74) is 1.20. The molecule has 1 aromatic heterocycles. The summed E-state index contributed by atoms with van der Waals surface area (Å²) in [6, 6.07) is 0.785. The van der Waals surface area contributed by atoms with Gasteiger partial charge in [-0.15, -0.1) is 0 Å². The van der Waals surface area contributed by atoms with Gasteiger partial charge in [0.05, 0.1) is 18.0 Å². The summed E-state index contributed by atoms with van der Waals surface area (Å²) in [4.78, 5) is 52.8. The quantitative estimate of drug-likeness (QED) is 0.500. The van der Waals surface area contributed by atoms with Gasteiger partial charge in [-0.2, -0.15) is 0 Å². The SMILES string of the molecule is Cc1cc(C(CC(=O)O)NC(=O)[C@@H]2CCCN(C(=O)CCC3=CCN(C(=O)OC(C)(C)C)CC3)C2)on1. The first-order valence-electron chi connectivity index (χ1n) is 12.8. The second-order valence-electron chi connectivity index (χ2n) is 10.7. The van der Waals surface area contributed by atoms with Gasteiger partial charge in [0.1, 0.15) is 11.6 Å². The Kier molecular flexibility index (Phi) is 9.34. The number of likely N-dealkylation sites (tertiary alicyclic amines) is 1. The molecule has 37 heavy (non-hydrogen) atoms. The molecule has 2 aliphatic rings. The number of carbonyl (C=O) groups excluding carboxylic acids is 3. The molecule has 1 saturated heterocycles. The van der Waals surface area contributed by atoms with Crippen molar-refractivity contribution in [1.82, 2.24) is 20.3 Å². The van der Waals surface area contributed by atoms with Gasteiger partial charge in [0, 0.05) is 38.7 Å². The van der Waals surface area contributed by atoms with Crippen molar-refractivity contribution < 1.29 is 33.5 Å². The largest absolute Gasteiger partial charge is 0.481 e. The van der Waals surface area contributed by atoms with Gasteiger partial charge in [0.15, 0.2) is 5.76 Å². The van der Waals surface area contributed by atoms with Crippen LogP contribution in [0.1, 0.15) is 76.8 Å². The lowest BCUT2D eigenvalue weighted by atomic mass is 9.95. The maximum absolute atomic E-state index is 13.0. The van der Waals surface area contributed by atoms with Crippen LogP contribution in [0.15, 0.2) is 22.2 Å². The fourth-order valence-electron chi connectivity index (χ4n) is 4.51. The lowest BCUT2D eigenvalue weighted by Crippen LogP contribution is -2.46. The first-order chi connectivity index (χ1) is 17.4. The number of carboxylic acids is 1. The van der Waals surface area contributed by atoms with E-state index in [2.05, 4.69) is 10.5 Å². The number of aryl methyl sites for hydroxylation is 1. The zero-order valence-electron chi connectivity index (χ0n) is 22.1. The van der Waals surface area contributed by atoms with E-state index in [4.69, 9.17) is 9.26 Å². The first kappa shape index (κ1) is 28.2. The number of ether oxygens (including phenoxy) is 1. The van der Waals surface area contributed by atoms with Gasteiger partial charge in [0.2, 0.25) is 11.8 Å². The molecule has 0 bridgehead atoms. The summed E-state index contributed by atoms with van der Waals surface area (Å²) >= 11 is 0. The van der Waals surface area contributed by atoms with Crippen LogP contribution in [-0.4, -0.2) is 75.7 Å². The van der Waals surface area contributed by atoms with E-state index in [-0.39, 0.29) is 24.3 Å². The zero-order valence-corrected chi connectivity index (χ0v) is 22.1. The number of nitrogens with one attached hydrogen (secondary N) is 1. The molecule has 11 heteroatoms. The summed E-state index contributed by atoms with van der Waals surface area (Å²) < 4.78 is 10.6. The van der Waals surface area contributed by atoms with Crippen LogP contribution in [0.5, 0.6) is 0 Å². The van der Waals surface area contributed by atoms with Crippen molar-refractivity contribution >= 4 is 23.9 Å². The molecule has 1 unspecified atom stereocenters. The molecule has 0 radical (unpaired) electrons. The number of carbonyl (C=O) groups is 4. The Morgan fingerprint density at radius 1 is 1.24 bits per heavy atom. The molecule has 0 saturated carbocycles. The predicted molar refractivity (Wildman–Crippen MR) is 133 cm³/mol. The van der Waals surface area contributed by atoms with Crippen LogP contribution in [0.2, 0.25) is 0 Å². The van der Waals surface area contributed by atoms with Crippen molar-refractivity contribution in [3.05, 3.63) is 29.2 Å². The molecule has 11 nitrogen and oxygen atoms in total.